The molecule has 3 aliphatic heterocycles. The number of esters is 1. The largest absolute Gasteiger partial charge is 0.756 e. The Morgan fingerprint density at radius 3 is 2.40 bits per heavy atom. The highest BCUT2D eigenvalue weighted by molar-refractivity contribution is 7.45. The third kappa shape index (κ3) is 5.91. The number of phosphoric ester groups is 1. The lowest BCUT2D eigenvalue weighted by atomic mass is 9.44. The summed E-state index contributed by atoms with van der Waals surface area (Å²) in [5.74, 6) is 3.97. The van der Waals surface area contributed by atoms with E-state index in [0.717, 1.165) is 93.7 Å². The van der Waals surface area contributed by atoms with Gasteiger partial charge in [0.2, 0.25) is 0 Å². The van der Waals surface area contributed by atoms with Gasteiger partial charge < -0.3 is 23.2 Å². The van der Waals surface area contributed by atoms with Crippen molar-refractivity contribution in [2.24, 2.45) is 46.3 Å². The average Bonchev–Trinajstić information content (AvgIpc) is 3.34. The van der Waals surface area contributed by atoms with Crippen LogP contribution in [0.2, 0.25) is 0 Å². The fourth-order valence-corrected chi connectivity index (χ4v) is 12.5. The molecule has 8 nitrogen and oxygen atoms in total. The first-order valence-corrected chi connectivity index (χ1v) is 18.7. The minimum absolute atomic E-state index is 0.0836. The molecule has 4 aliphatic carbocycles. The average molecular weight is 609 g/mol. The molecule has 0 aromatic carbocycles. The smallest absolute Gasteiger partial charge is 0.305 e. The minimum Gasteiger partial charge on any atom is -0.756 e. The number of nitrogens with zero attached hydrogens (tertiary/aromatic N) is 2. The number of fused-ring (bicyclic) bond motifs is 8. The fourth-order valence-electron chi connectivity index (χ4n) is 11.6. The van der Waals surface area contributed by atoms with Crippen LogP contribution in [0.1, 0.15) is 91.4 Å². The molecule has 42 heavy (non-hydrogen) atoms. The van der Waals surface area contributed by atoms with Gasteiger partial charge in [0, 0.05) is 26.1 Å². The van der Waals surface area contributed by atoms with E-state index >= 15 is 0 Å². The van der Waals surface area contributed by atoms with E-state index in [1.807, 2.05) is 0 Å². The predicted molar refractivity (Wildman–Crippen MR) is 160 cm³/mol. The Hall–Kier alpha value is -0.500. The third-order valence-corrected chi connectivity index (χ3v) is 15.2. The normalized spacial score (nSPS) is 46.6. The van der Waals surface area contributed by atoms with Gasteiger partial charge in [-0.15, -0.1) is 0 Å². The summed E-state index contributed by atoms with van der Waals surface area (Å²) >= 11 is 0. The van der Waals surface area contributed by atoms with E-state index in [2.05, 4.69) is 25.7 Å². The molecule has 3 saturated heterocycles. The Kier molecular flexibility index (Phi) is 9.01. The van der Waals surface area contributed by atoms with Crippen LogP contribution in [0.3, 0.4) is 0 Å². The second-order valence-corrected chi connectivity index (χ2v) is 17.2. The molecule has 0 spiro atoms. The van der Waals surface area contributed by atoms with Crippen molar-refractivity contribution in [3.63, 3.8) is 0 Å². The molecule has 4 saturated carbocycles. The van der Waals surface area contributed by atoms with Gasteiger partial charge in [0.1, 0.15) is 13.2 Å². The van der Waals surface area contributed by atoms with Gasteiger partial charge in [-0.25, -0.2) is 0 Å². The molecule has 240 valence electrons. The van der Waals surface area contributed by atoms with Gasteiger partial charge in [-0.05, 0) is 111 Å². The summed E-state index contributed by atoms with van der Waals surface area (Å²) in [7, 11) is -2.82. The monoisotopic (exact) mass is 608 g/mol. The van der Waals surface area contributed by atoms with E-state index in [-0.39, 0.29) is 24.1 Å². The lowest BCUT2D eigenvalue weighted by Crippen LogP contribution is -2.67. The lowest BCUT2D eigenvalue weighted by molar-refractivity contribution is -0.941. The molecule has 0 N–H and O–H groups in total. The van der Waals surface area contributed by atoms with Crippen LogP contribution < -0.4 is 4.89 Å². The van der Waals surface area contributed by atoms with E-state index < -0.39 is 7.82 Å². The Labute approximate surface area is 254 Å². The molecule has 7 fully saturated rings. The lowest BCUT2D eigenvalue weighted by Gasteiger charge is -2.61. The Balaban J connectivity index is 1.02. The van der Waals surface area contributed by atoms with E-state index in [4.69, 9.17) is 13.8 Å². The topological polar surface area (TPSA) is 88.1 Å². The van der Waals surface area contributed by atoms with Crippen LogP contribution in [0.4, 0.5) is 0 Å². The van der Waals surface area contributed by atoms with Crippen LogP contribution in [0.25, 0.3) is 0 Å². The standard InChI is InChI=1S/C33H57N2O6P/c1-24(5-10-31(36)39-4)28-8-9-29-27-7-6-25-23-26(11-13-32(25,2)30(27)12-14-33(28,29)3)41-42(37,38)40-22-21-35-18-15-34(16-19-35)17-20-35/h24-30H,5-23H2,1-4H3/t24-,25-,26-,27+,28-,29+,30+,32+,33-/m1/s1. The Morgan fingerprint density at radius 1 is 1.00 bits per heavy atom. The molecule has 0 amide bonds. The molecule has 3 heterocycles. The van der Waals surface area contributed by atoms with Crippen molar-refractivity contribution < 1.29 is 32.5 Å². The van der Waals surface area contributed by atoms with E-state index in [9.17, 15) is 14.3 Å². The minimum atomic E-state index is -4.31. The zero-order valence-corrected chi connectivity index (χ0v) is 27.7. The van der Waals surface area contributed by atoms with Crippen molar-refractivity contribution in [1.82, 2.24) is 4.90 Å². The number of quaternary nitrogens is 1. The quantitative estimate of drug-likeness (QED) is 0.190. The van der Waals surface area contributed by atoms with Gasteiger partial charge in [0.15, 0.2) is 0 Å². The first kappa shape index (κ1) is 31.5. The summed E-state index contributed by atoms with van der Waals surface area (Å²) in [6.07, 6.45) is 11.6. The number of carbonyl (C=O) groups is 1. The number of hydrogen-bond donors (Lipinski definition) is 0. The highest BCUT2D eigenvalue weighted by Gasteiger charge is 2.60. The molecule has 2 bridgehead atoms. The summed E-state index contributed by atoms with van der Waals surface area (Å²) < 4.78 is 30.1. The number of methoxy groups -OCH3 is 1. The molecule has 0 radical (unpaired) electrons. The number of rotatable bonds is 10. The van der Waals surface area contributed by atoms with Gasteiger partial charge in [-0.2, -0.15) is 0 Å². The zero-order chi connectivity index (χ0) is 29.8. The maximum absolute atomic E-state index is 12.9. The fraction of sp³-hybridized carbons (Fsp3) is 0.970. The van der Waals surface area contributed by atoms with Crippen molar-refractivity contribution >= 4 is 13.8 Å². The van der Waals surface area contributed by atoms with Crippen molar-refractivity contribution in [1.29, 1.82) is 0 Å². The van der Waals surface area contributed by atoms with Gasteiger partial charge in [-0.1, -0.05) is 20.8 Å². The molecule has 10 atom stereocenters. The highest BCUT2D eigenvalue weighted by atomic mass is 31.2. The maximum Gasteiger partial charge on any atom is 0.305 e. The predicted octanol–water partition coefficient (Wildman–Crippen LogP) is 5.25. The first-order valence-electron chi connectivity index (χ1n) is 17.3. The van der Waals surface area contributed by atoms with Crippen LogP contribution in [0.5, 0.6) is 0 Å². The number of ether oxygens (including phenoxy) is 1. The van der Waals surface area contributed by atoms with Gasteiger partial charge in [-0.3, -0.25) is 14.3 Å². The zero-order valence-electron chi connectivity index (χ0n) is 26.8. The van der Waals surface area contributed by atoms with Crippen molar-refractivity contribution in [2.75, 3.05) is 59.5 Å². The summed E-state index contributed by atoms with van der Waals surface area (Å²) in [5, 5.41) is 0. The SMILES string of the molecule is COC(=O)CC[C@@H](C)[C@H]1CC[C@H]2[C@@H]3CC[C@@H]4C[C@H](OP(=O)([O-])OCC[N+]56CCN(CC5)CC6)CC[C@]4(C)[C@H]3CC[C@]12C. The maximum atomic E-state index is 12.9. The van der Waals surface area contributed by atoms with Gasteiger partial charge in [0.25, 0.3) is 7.82 Å². The molecule has 7 aliphatic rings. The Bertz CT molecular complexity index is 1020. The van der Waals surface area contributed by atoms with Crippen molar-refractivity contribution in [3.05, 3.63) is 0 Å². The van der Waals surface area contributed by atoms with Crippen molar-refractivity contribution in [2.45, 2.75) is 97.5 Å². The van der Waals surface area contributed by atoms with Crippen LogP contribution in [0.15, 0.2) is 0 Å². The van der Waals surface area contributed by atoms with Crippen molar-refractivity contribution in [3.8, 4) is 0 Å². The summed E-state index contributed by atoms with van der Waals surface area (Å²) in [6, 6.07) is 0. The van der Waals surface area contributed by atoms with Crippen LogP contribution in [-0.2, 0) is 23.1 Å². The van der Waals surface area contributed by atoms with Gasteiger partial charge in [0.05, 0.1) is 32.8 Å². The van der Waals surface area contributed by atoms with E-state index in [1.165, 1.54) is 45.6 Å². The number of phosphoric acid groups is 1. The van der Waals surface area contributed by atoms with Crippen LogP contribution >= 0.6 is 7.82 Å². The number of piperazine rings is 3. The van der Waals surface area contributed by atoms with Crippen LogP contribution in [-0.4, -0.2) is 81.0 Å². The summed E-state index contributed by atoms with van der Waals surface area (Å²) in [4.78, 5) is 27.2. The second-order valence-electron chi connectivity index (χ2n) is 15.8. The molecular weight excluding hydrogens is 551 g/mol. The second kappa shape index (κ2) is 12.0. The highest BCUT2D eigenvalue weighted by Crippen LogP contribution is 2.68. The summed E-state index contributed by atoms with van der Waals surface area (Å²) in [5.41, 5.74) is 0.651. The van der Waals surface area contributed by atoms with E-state index in [1.54, 1.807) is 0 Å². The molecule has 0 aromatic rings. The number of hydrogen-bond acceptors (Lipinski definition) is 7. The molecule has 9 heteroatoms. The molecular formula is C33H57N2O6P. The van der Waals surface area contributed by atoms with Crippen LogP contribution in [0, 0.1) is 46.3 Å². The number of carbonyl (C=O) groups excluding carboxylic acids is 1. The molecule has 7 rings (SSSR count). The Morgan fingerprint density at radius 2 is 1.69 bits per heavy atom. The first-order chi connectivity index (χ1) is 20.0. The molecule has 1 unspecified atom stereocenters. The van der Waals surface area contributed by atoms with E-state index in [0.29, 0.717) is 29.6 Å². The molecule has 0 aromatic heterocycles. The summed E-state index contributed by atoms with van der Waals surface area (Å²) in [6.45, 7) is 15.1. The third-order valence-electron chi connectivity index (χ3n) is 14.2. The van der Waals surface area contributed by atoms with Gasteiger partial charge >= 0.3 is 5.97 Å².